The number of halogens is 3. The molecule has 116 valence electrons. The Hall–Kier alpha value is -1.76. The lowest BCUT2D eigenvalue weighted by atomic mass is 10.1. The summed E-state index contributed by atoms with van der Waals surface area (Å²) in [6, 6.07) is 3.17. The van der Waals surface area contributed by atoms with Gasteiger partial charge in [-0.3, -0.25) is 0 Å². The van der Waals surface area contributed by atoms with Crippen molar-refractivity contribution in [3.63, 3.8) is 0 Å². The summed E-state index contributed by atoms with van der Waals surface area (Å²) in [5, 5.41) is 12.0. The Balaban J connectivity index is 2.19. The summed E-state index contributed by atoms with van der Waals surface area (Å²) in [5.41, 5.74) is -1.50. The number of hydrogen-bond donors (Lipinski definition) is 2. The van der Waals surface area contributed by atoms with E-state index in [1.807, 2.05) is 0 Å². The number of ether oxygens (including phenoxy) is 1. The molecule has 0 aliphatic heterocycles. The van der Waals surface area contributed by atoms with Gasteiger partial charge in [-0.15, -0.1) is 0 Å². The number of anilines is 1. The first-order valence-electron chi connectivity index (χ1n) is 6.55. The topological polar surface area (TPSA) is 58.6 Å². The molecule has 2 atom stereocenters. The van der Waals surface area contributed by atoms with Gasteiger partial charge in [0.15, 0.2) is 0 Å². The van der Waals surface area contributed by atoms with Crippen molar-refractivity contribution in [3.05, 3.63) is 29.3 Å². The van der Waals surface area contributed by atoms with Gasteiger partial charge in [-0.25, -0.2) is 4.79 Å². The number of nitrogens with one attached hydrogen (secondary N) is 1. The molecule has 0 radical (unpaired) electrons. The molecule has 0 aromatic heterocycles. The molecular formula is C14H16F3NO3. The Kier molecular flexibility index (Phi) is 4.41. The van der Waals surface area contributed by atoms with Crippen molar-refractivity contribution in [3.8, 4) is 0 Å². The second-order valence-electron chi connectivity index (χ2n) is 5.08. The summed E-state index contributed by atoms with van der Waals surface area (Å²) in [4.78, 5) is 11.0. The first-order chi connectivity index (χ1) is 9.81. The van der Waals surface area contributed by atoms with Crippen LogP contribution in [0.5, 0.6) is 0 Å². The van der Waals surface area contributed by atoms with Gasteiger partial charge in [0.2, 0.25) is 0 Å². The summed E-state index contributed by atoms with van der Waals surface area (Å²) >= 11 is 0. The molecule has 1 saturated carbocycles. The molecule has 1 aliphatic carbocycles. The number of benzene rings is 1. The second kappa shape index (κ2) is 5.93. The summed E-state index contributed by atoms with van der Waals surface area (Å²) in [6.45, 7) is 0. The summed E-state index contributed by atoms with van der Waals surface area (Å²) < 4.78 is 43.4. The molecule has 7 heteroatoms. The fraction of sp³-hybridized carbons (Fsp3) is 0.500. The van der Waals surface area contributed by atoms with E-state index in [0.29, 0.717) is 5.69 Å². The van der Waals surface area contributed by atoms with Gasteiger partial charge in [-0.2, -0.15) is 13.2 Å². The highest BCUT2D eigenvalue weighted by Gasteiger charge is 2.35. The molecule has 1 aliphatic rings. The van der Waals surface area contributed by atoms with Crippen LogP contribution in [0.3, 0.4) is 0 Å². The van der Waals surface area contributed by atoms with Gasteiger partial charge in [0, 0.05) is 18.8 Å². The molecule has 4 nitrogen and oxygen atoms in total. The lowest BCUT2D eigenvalue weighted by Gasteiger charge is -2.17. The normalized spacial score (nSPS) is 22.3. The average Bonchev–Trinajstić information content (AvgIpc) is 2.85. The van der Waals surface area contributed by atoms with Crippen LogP contribution < -0.4 is 5.32 Å². The molecule has 2 unspecified atom stereocenters. The lowest BCUT2D eigenvalue weighted by Crippen LogP contribution is -2.18. The Bertz CT molecular complexity index is 531. The monoisotopic (exact) mass is 303 g/mol. The maximum absolute atomic E-state index is 12.7. The highest BCUT2D eigenvalue weighted by molar-refractivity contribution is 5.91. The molecule has 0 spiro atoms. The van der Waals surface area contributed by atoms with Crippen LogP contribution >= 0.6 is 0 Å². The van der Waals surface area contributed by atoms with Crippen LogP contribution in [0.15, 0.2) is 18.2 Å². The van der Waals surface area contributed by atoms with Crippen molar-refractivity contribution in [2.24, 2.45) is 0 Å². The number of carboxylic acid groups (broad SMARTS) is 1. The number of alkyl halides is 3. The van der Waals surface area contributed by atoms with Crippen molar-refractivity contribution in [2.75, 3.05) is 12.4 Å². The highest BCUT2D eigenvalue weighted by Crippen LogP contribution is 2.34. The molecule has 2 rings (SSSR count). The van der Waals surface area contributed by atoms with Gasteiger partial charge in [-0.1, -0.05) is 0 Å². The summed E-state index contributed by atoms with van der Waals surface area (Å²) in [7, 11) is 1.62. The van der Waals surface area contributed by atoms with E-state index < -0.39 is 23.3 Å². The molecule has 1 aromatic rings. The van der Waals surface area contributed by atoms with Crippen molar-refractivity contribution in [1.29, 1.82) is 0 Å². The van der Waals surface area contributed by atoms with Crippen molar-refractivity contribution in [2.45, 2.75) is 37.6 Å². The van der Waals surface area contributed by atoms with Crippen molar-refractivity contribution in [1.82, 2.24) is 0 Å². The van der Waals surface area contributed by atoms with Gasteiger partial charge in [-0.05, 0) is 37.5 Å². The predicted molar refractivity (Wildman–Crippen MR) is 70.5 cm³/mol. The van der Waals surface area contributed by atoms with Crippen LogP contribution in [0.2, 0.25) is 0 Å². The third kappa shape index (κ3) is 3.66. The summed E-state index contributed by atoms with van der Waals surface area (Å²) in [5.74, 6) is -1.59. The molecule has 0 bridgehead atoms. The van der Waals surface area contributed by atoms with E-state index in [2.05, 4.69) is 5.32 Å². The predicted octanol–water partition coefficient (Wildman–Crippen LogP) is 3.38. The molecule has 1 fully saturated rings. The van der Waals surface area contributed by atoms with E-state index in [0.717, 1.165) is 31.4 Å². The minimum Gasteiger partial charge on any atom is -0.478 e. The van der Waals surface area contributed by atoms with Crippen LogP contribution in [0, 0.1) is 0 Å². The van der Waals surface area contributed by atoms with Gasteiger partial charge in [0.05, 0.1) is 17.2 Å². The number of rotatable bonds is 4. The van der Waals surface area contributed by atoms with E-state index in [1.165, 1.54) is 6.07 Å². The molecule has 2 N–H and O–H groups in total. The number of hydrogen-bond acceptors (Lipinski definition) is 3. The molecule has 0 amide bonds. The maximum Gasteiger partial charge on any atom is 0.417 e. The molecule has 21 heavy (non-hydrogen) atoms. The van der Waals surface area contributed by atoms with Crippen LogP contribution in [0.25, 0.3) is 0 Å². The first-order valence-corrected chi connectivity index (χ1v) is 6.55. The largest absolute Gasteiger partial charge is 0.478 e. The summed E-state index contributed by atoms with van der Waals surface area (Å²) in [6.07, 6.45) is -2.08. The van der Waals surface area contributed by atoms with Crippen molar-refractivity contribution >= 4 is 11.7 Å². The van der Waals surface area contributed by atoms with Gasteiger partial charge >= 0.3 is 12.1 Å². The minimum atomic E-state index is -4.68. The fourth-order valence-electron chi connectivity index (χ4n) is 2.58. The van der Waals surface area contributed by atoms with Crippen LogP contribution in [-0.2, 0) is 10.9 Å². The number of carboxylic acids is 1. The standard InChI is InChI=1S/C14H16F3NO3/c1-21-10-4-2-8(6-10)18-9-3-5-12(14(15,16)17)11(7-9)13(19)20/h3,5,7-8,10,18H,2,4,6H2,1H3,(H,19,20). The molecule has 0 heterocycles. The highest BCUT2D eigenvalue weighted by atomic mass is 19.4. The zero-order valence-electron chi connectivity index (χ0n) is 11.4. The molecule has 1 aromatic carbocycles. The molecular weight excluding hydrogens is 287 g/mol. The number of carbonyl (C=O) groups is 1. The zero-order valence-corrected chi connectivity index (χ0v) is 11.4. The average molecular weight is 303 g/mol. The quantitative estimate of drug-likeness (QED) is 0.895. The Labute approximate surface area is 119 Å². The van der Waals surface area contributed by atoms with Crippen LogP contribution in [-0.4, -0.2) is 30.3 Å². The minimum absolute atomic E-state index is 0.0772. The maximum atomic E-state index is 12.7. The smallest absolute Gasteiger partial charge is 0.417 e. The van der Waals surface area contributed by atoms with Gasteiger partial charge in [0.25, 0.3) is 0 Å². The van der Waals surface area contributed by atoms with E-state index in [-0.39, 0.29) is 12.1 Å². The SMILES string of the molecule is COC1CCC(Nc2ccc(C(F)(F)F)c(C(=O)O)c2)C1. The Morgan fingerprint density at radius 2 is 2.10 bits per heavy atom. The lowest BCUT2D eigenvalue weighted by molar-refractivity contribution is -0.138. The number of aromatic carboxylic acids is 1. The third-order valence-electron chi connectivity index (χ3n) is 3.64. The van der Waals surface area contributed by atoms with Crippen LogP contribution in [0.4, 0.5) is 18.9 Å². The van der Waals surface area contributed by atoms with E-state index in [1.54, 1.807) is 7.11 Å². The zero-order chi connectivity index (χ0) is 15.6. The van der Waals surface area contributed by atoms with Gasteiger partial charge < -0.3 is 15.2 Å². The third-order valence-corrected chi connectivity index (χ3v) is 3.64. The van der Waals surface area contributed by atoms with E-state index >= 15 is 0 Å². The first kappa shape index (κ1) is 15.6. The van der Waals surface area contributed by atoms with Crippen LogP contribution in [0.1, 0.15) is 35.2 Å². The van der Waals surface area contributed by atoms with E-state index in [9.17, 15) is 18.0 Å². The fourth-order valence-corrected chi connectivity index (χ4v) is 2.58. The van der Waals surface area contributed by atoms with Gasteiger partial charge in [0.1, 0.15) is 0 Å². The Morgan fingerprint density at radius 3 is 2.62 bits per heavy atom. The van der Waals surface area contributed by atoms with Crippen molar-refractivity contribution < 1.29 is 27.8 Å². The molecule has 0 saturated heterocycles. The number of methoxy groups -OCH3 is 1. The Morgan fingerprint density at radius 1 is 1.38 bits per heavy atom. The van der Waals surface area contributed by atoms with E-state index in [4.69, 9.17) is 9.84 Å². The second-order valence-corrected chi connectivity index (χ2v) is 5.08.